The summed E-state index contributed by atoms with van der Waals surface area (Å²) in [5.41, 5.74) is 7.80. The second-order valence-corrected chi connectivity index (χ2v) is 5.67. The molecule has 0 spiro atoms. The molecule has 2 N–H and O–H groups in total. The van der Waals surface area contributed by atoms with Crippen molar-refractivity contribution in [2.75, 3.05) is 6.54 Å². The highest BCUT2D eigenvalue weighted by Crippen LogP contribution is 2.14. The van der Waals surface area contributed by atoms with Crippen molar-refractivity contribution in [1.29, 1.82) is 0 Å². The predicted octanol–water partition coefficient (Wildman–Crippen LogP) is 2.80. The Balaban J connectivity index is 2.05. The van der Waals surface area contributed by atoms with Gasteiger partial charge in [-0.05, 0) is 29.5 Å². The maximum atomic E-state index is 12.4. The summed E-state index contributed by atoms with van der Waals surface area (Å²) in [7, 11) is 0. The average molecular weight is 288 g/mol. The van der Waals surface area contributed by atoms with E-state index in [1.54, 1.807) is 11.3 Å². The zero-order valence-electron chi connectivity index (χ0n) is 11.7. The maximum absolute atomic E-state index is 12.4. The molecule has 1 aromatic heterocycles. The maximum Gasteiger partial charge on any atom is 0.227 e. The lowest BCUT2D eigenvalue weighted by Crippen LogP contribution is -2.31. The molecule has 2 aromatic rings. The van der Waals surface area contributed by atoms with Crippen LogP contribution in [0.25, 0.3) is 0 Å². The van der Waals surface area contributed by atoms with Crippen molar-refractivity contribution >= 4 is 17.2 Å². The molecule has 20 heavy (non-hydrogen) atoms. The fourth-order valence-electron chi connectivity index (χ4n) is 2.17. The molecule has 0 aliphatic heterocycles. The molecule has 3 nitrogen and oxygen atoms in total. The van der Waals surface area contributed by atoms with Crippen LogP contribution in [0, 0.1) is 0 Å². The molecule has 4 heteroatoms. The van der Waals surface area contributed by atoms with Crippen molar-refractivity contribution in [3.05, 3.63) is 57.8 Å². The molecular formula is C16H20N2OS. The number of hydrogen-bond donors (Lipinski definition) is 1. The molecule has 0 bridgehead atoms. The molecular weight excluding hydrogens is 268 g/mol. The third-order valence-corrected chi connectivity index (χ3v) is 4.20. The molecule has 0 unspecified atom stereocenters. The number of hydrogen-bond acceptors (Lipinski definition) is 3. The van der Waals surface area contributed by atoms with Crippen molar-refractivity contribution < 1.29 is 4.79 Å². The lowest BCUT2D eigenvalue weighted by molar-refractivity contribution is -0.130. The van der Waals surface area contributed by atoms with Gasteiger partial charge in [0.1, 0.15) is 0 Å². The largest absolute Gasteiger partial charge is 0.338 e. The van der Waals surface area contributed by atoms with Gasteiger partial charge in [0.15, 0.2) is 0 Å². The fourth-order valence-corrected chi connectivity index (χ4v) is 2.89. The third kappa shape index (κ3) is 3.68. The molecule has 1 heterocycles. The molecule has 0 saturated carbocycles. The zero-order chi connectivity index (χ0) is 14.4. The van der Waals surface area contributed by atoms with Crippen molar-refractivity contribution in [2.45, 2.75) is 26.4 Å². The van der Waals surface area contributed by atoms with Gasteiger partial charge in [-0.25, -0.2) is 0 Å². The van der Waals surface area contributed by atoms with Crippen LogP contribution < -0.4 is 5.73 Å². The second kappa shape index (κ2) is 7.22. The molecule has 0 radical (unpaired) electrons. The Morgan fingerprint density at radius 3 is 2.55 bits per heavy atom. The second-order valence-electron chi connectivity index (χ2n) is 4.64. The summed E-state index contributed by atoms with van der Waals surface area (Å²) in [6.45, 7) is 3.90. The molecule has 106 valence electrons. The van der Waals surface area contributed by atoms with E-state index in [1.165, 1.54) is 4.88 Å². The number of nitrogens with two attached hydrogens (primary N) is 1. The van der Waals surface area contributed by atoms with Gasteiger partial charge in [0, 0.05) is 18.0 Å². The average Bonchev–Trinajstić information content (AvgIpc) is 2.98. The van der Waals surface area contributed by atoms with Crippen LogP contribution in [0.1, 0.15) is 22.9 Å². The highest BCUT2D eigenvalue weighted by Gasteiger charge is 2.14. The minimum atomic E-state index is 0.154. The fraction of sp³-hybridized carbons (Fsp3) is 0.312. The van der Waals surface area contributed by atoms with E-state index in [9.17, 15) is 4.79 Å². The van der Waals surface area contributed by atoms with Gasteiger partial charge in [-0.3, -0.25) is 4.79 Å². The molecule has 0 atom stereocenters. The quantitative estimate of drug-likeness (QED) is 0.888. The van der Waals surface area contributed by atoms with Gasteiger partial charge in [-0.15, -0.1) is 11.3 Å². The predicted molar refractivity (Wildman–Crippen MR) is 83.4 cm³/mol. The number of amides is 1. The number of carbonyl (C=O) groups is 1. The van der Waals surface area contributed by atoms with Crippen LogP contribution in [-0.4, -0.2) is 17.4 Å². The molecule has 0 aliphatic carbocycles. The van der Waals surface area contributed by atoms with E-state index in [0.717, 1.165) is 17.7 Å². The van der Waals surface area contributed by atoms with Crippen molar-refractivity contribution in [3.63, 3.8) is 0 Å². The van der Waals surface area contributed by atoms with Crippen LogP contribution in [-0.2, 0) is 24.3 Å². The van der Waals surface area contributed by atoms with Crippen LogP contribution in [0.15, 0.2) is 41.8 Å². The number of likely N-dealkylation sites (N-methyl/N-ethyl adjacent to an activating group) is 1. The van der Waals surface area contributed by atoms with Crippen LogP contribution in [0.4, 0.5) is 0 Å². The Kier molecular flexibility index (Phi) is 5.32. The number of benzene rings is 1. The summed E-state index contributed by atoms with van der Waals surface area (Å²) < 4.78 is 0. The van der Waals surface area contributed by atoms with Gasteiger partial charge >= 0.3 is 0 Å². The first kappa shape index (κ1) is 14.8. The Morgan fingerprint density at radius 1 is 1.20 bits per heavy atom. The summed E-state index contributed by atoms with van der Waals surface area (Å²) in [5.74, 6) is 0.154. The first-order valence-electron chi connectivity index (χ1n) is 6.81. The topological polar surface area (TPSA) is 46.3 Å². The minimum absolute atomic E-state index is 0.154. The lowest BCUT2D eigenvalue weighted by Gasteiger charge is -2.21. The van der Waals surface area contributed by atoms with E-state index in [0.29, 0.717) is 19.5 Å². The third-order valence-electron chi connectivity index (χ3n) is 3.34. The summed E-state index contributed by atoms with van der Waals surface area (Å²) in [6.07, 6.45) is 0.423. The highest BCUT2D eigenvalue weighted by atomic mass is 32.1. The van der Waals surface area contributed by atoms with Gasteiger partial charge < -0.3 is 10.6 Å². The number of thiophene rings is 1. The molecule has 1 amide bonds. The molecule has 2 rings (SSSR count). The number of carbonyl (C=O) groups excluding carboxylic acids is 1. The summed E-state index contributed by atoms with van der Waals surface area (Å²) in [4.78, 5) is 15.5. The van der Waals surface area contributed by atoms with Crippen LogP contribution in [0.5, 0.6) is 0 Å². The monoisotopic (exact) mass is 288 g/mol. The Hall–Kier alpha value is -1.65. The van der Waals surface area contributed by atoms with E-state index >= 15 is 0 Å². The zero-order valence-corrected chi connectivity index (χ0v) is 12.5. The molecule has 1 aromatic carbocycles. The van der Waals surface area contributed by atoms with E-state index in [-0.39, 0.29) is 5.91 Å². The van der Waals surface area contributed by atoms with Gasteiger partial charge in [0.05, 0.1) is 13.0 Å². The van der Waals surface area contributed by atoms with Crippen LogP contribution in [0.3, 0.4) is 0 Å². The highest BCUT2D eigenvalue weighted by molar-refractivity contribution is 7.09. The standard InChI is InChI=1S/C16H20N2OS/c1-2-18(12-15-8-5-9-20-15)16(19)10-13-6-3-4-7-14(13)11-17/h3-9H,2,10-12,17H2,1H3. The molecule has 0 saturated heterocycles. The van der Waals surface area contributed by atoms with Crippen LogP contribution in [0.2, 0.25) is 0 Å². The SMILES string of the molecule is CCN(Cc1cccs1)C(=O)Cc1ccccc1CN. The van der Waals surface area contributed by atoms with Gasteiger partial charge in [-0.1, -0.05) is 30.3 Å². The molecule has 0 aliphatic rings. The van der Waals surface area contributed by atoms with E-state index in [1.807, 2.05) is 47.5 Å². The van der Waals surface area contributed by atoms with Crippen molar-refractivity contribution in [2.24, 2.45) is 5.73 Å². The van der Waals surface area contributed by atoms with E-state index in [4.69, 9.17) is 5.73 Å². The Morgan fingerprint density at radius 2 is 1.95 bits per heavy atom. The van der Waals surface area contributed by atoms with E-state index in [2.05, 4.69) is 6.07 Å². The van der Waals surface area contributed by atoms with Crippen molar-refractivity contribution in [1.82, 2.24) is 4.90 Å². The van der Waals surface area contributed by atoms with Gasteiger partial charge in [0.25, 0.3) is 0 Å². The first-order chi connectivity index (χ1) is 9.74. The summed E-state index contributed by atoms with van der Waals surface area (Å²) >= 11 is 1.68. The van der Waals surface area contributed by atoms with E-state index < -0.39 is 0 Å². The van der Waals surface area contributed by atoms with Gasteiger partial charge in [0.2, 0.25) is 5.91 Å². The lowest BCUT2D eigenvalue weighted by atomic mass is 10.0. The Labute approximate surface area is 124 Å². The normalized spacial score (nSPS) is 10.5. The summed E-state index contributed by atoms with van der Waals surface area (Å²) in [6, 6.07) is 12.0. The summed E-state index contributed by atoms with van der Waals surface area (Å²) in [5, 5.41) is 2.04. The molecule has 0 fully saturated rings. The number of rotatable bonds is 6. The van der Waals surface area contributed by atoms with Gasteiger partial charge in [-0.2, -0.15) is 0 Å². The first-order valence-corrected chi connectivity index (χ1v) is 7.69. The smallest absolute Gasteiger partial charge is 0.227 e. The van der Waals surface area contributed by atoms with Crippen molar-refractivity contribution in [3.8, 4) is 0 Å². The minimum Gasteiger partial charge on any atom is -0.338 e. The Bertz CT molecular complexity index is 551. The van der Waals surface area contributed by atoms with Crippen LogP contribution >= 0.6 is 11.3 Å². The number of nitrogens with zero attached hydrogens (tertiary/aromatic N) is 1.